The smallest absolute Gasteiger partial charge is 0.413 e. The highest BCUT2D eigenvalue weighted by Crippen LogP contribution is 2.16. The van der Waals surface area contributed by atoms with Crippen molar-refractivity contribution in [2.45, 2.75) is 0 Å². The van der Waals surface area contributed by atoms with Crippen LogP contribution in [0.25, 0.3) is 11.0 Å². The van der Waals surface area contributed by atoms with Crippen molar-refractivity contribution in [1.82, 2.24) is 9.97 Å². The fraction of sp³-hybridized carbons (Fsp3) is 0.182. The lowest BCUT2D eigenvalue weighted by atomic mass is 10.2. The van der Waals surface area contributed by atoms with E-state index >= 15 is 0 Å². The van der Waals surface area contributed by atoms with Crippen LogP contribution >= 0.6 is 12.4 Å². The molecule has 1 heterocycles. The number of benzene rings is 1. The molecule has 0 fully saturated rings. The molecule has 102 valence electrons. The summed E-state index contributed by atoms with van der Waals surface area (Å²) in [6.45, 7) is 0. The largest absolute Gasteiger partial charge is 0.465 e. The van der Waals surface area contributed by atoms with Crippen LogP contribution in [0.5, 0.6) is 0 Å². The molecular formula is C11H12ClN3O4. The zero-order valence-corrected chi connectivity index (χ0v) is 11.0. The molecule has 19 heavy (non-hydrogen) atoms. The standard InChI is InChI=1S/C11H11N3O4.ClH/c1-17-9(15)6-3-4-7-8(5-6)13-10(12-7)14-11(16)18-2;/h3-5H,1-2H3,(H2,12,13,14,16);1H. The molecule has 0 spiro atoms. The molecule has 0 aliphatic rings. The topological polar surface area (TPSA) is 93.3 Å². The molecule has 0 radical (unpaired) electrons. The number of halogens is 1. The fourth-order valence-electron chi connectivity index (χ4n) is 1.46. The van der Waals surface area contributed by atoms with Crippen molar-refractivity contribution < 1.29 is 19.1 Å². The van der Waals surface area contributed by atoms with Gasteiger partial charge in [-0.05, 0) is 18.2 Å². The van der Waals surface area contributed by atoms with Gasteiger partial charge < -0.3 is 14.5 Å². The number of imidazole rings is 1. The van der Waals surface area contributed by atoms with Crippen LogP contribution in [0.1, 0.15) is 10.4 Å². The number of aromatic nitrogens is 2. The first kappa shape index (κ1) is 14.8. The van der Waals surface area contributed by atoms with Crippen molar-refractivity contribution in [1.29, 1.82) is 0 Å². The number of methoxy groups -OCH3 is 2. The van der Waals surface area contributed by atoms with E-state index < -0.39 is 12.1 Å². The lowest BCUT2D eigenvalue weighted by molar-refractivity contribution is 0.0601. The maximum atomic E-state index is 11.3. The minimum absolute atomic E-state index is 0. The molecule has 0 bridgehead atoms. The van der Waals surface area contributed by atoms with Crippen LogP contribution in [0.2, 0.25) is 0 Å². The molecule has 0 aliphatic heterocycles. The van der Waals surface area contributed by atoms with Crippen molar-refractivity contribution in [3.63, 3.8) is 0 Å². The summed E-state index contributed by atoms with van der Waals surface area (Å²) >= 11 is 0. The molecule has 2 rings (SSSR count). The summed E-state index contributed by atoms with van der Waals surface area (Å²) in [7, 11) is 2.57. The van der Waals surface area contributed by atoms with Crippen molar-refractivity contribution in [3.8, 4) is 0 Å². The number of nitrogens with zero attached hydrogens (tertiary/aromatic N) is 1. The Hall–Kier alpha value is -2.28. The van der Waals surface area contributed by atoms with E-state index in [0.29, 0.717) is 16.6 Å². The molecule has 0 unspecified atom stereocenters. The van der Waals surface area contributed by atoms with E-state index in [0.717, 1.165) is 0 Å². The van der Waals surface area contributed by atoms with Gasteiger partial charge in [0.15, 0.2) is 0 Å². The second-order valence-electron chi connectivity index (χ2n) is 3.43. The Kier molecular flexibility index (Phi) is 4.71. The molecule has 8 heteroatoms. The summed E-state index contributed by atoms with van der Waals surface area (Å²) in [4.78, 5) is 29.3. The van der Waals surface area contributed by atoms with Gasteiger partial charge in [0.1, 0.15) is 0 Å². The Morgan fingerprint density at radius 1 is 1.26 bits per heavy atom. The van der Waals surface area contributed by atoms with Crippen LogP contribution in [-0.2, 0) is 9.47 Å². The summed E-state index contributed by atoms with van der Waals surface area (Å²) in [5.74, 6) is -0.187. The van der Waals surface area contributed by atoms with Crippen LogP contribution in [0.15, 0.2) is 18.2 Å². The Bertz CT molecular complexity index is 611. The lowest BCUT2D eigenvalue weighted by Gasteiger charge is -1.97. The number of rotatable bonds is 2. The van der Waals surface area contributed by atoms with Crippen molar-refractivity contribution in [2.24, 2.45) is 0 Å². The highest BCUT2D eigenvalue weighted by molar-refractivity contribution is 5.94. The first-order valence-electron chi connectivity index (χ1n) is 5.07. The Morgan fingerprint density at radius 3 is 2.63 bits per heavy atom. The van der Waals surface area contributed by atoms with E-state index in [-0.39, 0.29) is 18.4 Å². The van der Waals surface area contributed by atoms with Crippen LogP contribution < -0.4 is 5.32 Å². The fourth-order valence-corrected chi connectivity index (χ4v) is 1.46. The highest BCUT2D eigenvalue weighted by atomic mass is 35.5. The maximum absolute atomic E-state index is 11.3. The third-order valence-corrected chi connectivity index (χ3v) is 2.31. The number of amides is 1. The van der Waals surface area contributed by atoms with Crippen LogP contribution in [0, 0.1) is 0 Å². The second kappa shape index (κ2) is 6.05. The summed E-state index contributed by atoms with van der Waals surface area (Å²) in [5, 5.41) is 2.40. The quantitative estimate of drug-likeness (QED) is 0.823. The second-order valence-corrected chi connectivity index (χ2v) is 3.43. The number of hydrogen-bond acceptors (Lipinski definition) is 5. The van der Waals surface area contributed by atoms with Gasteiger partial charge in [-0.3, -0.25) is 5.32 Å². The number of carbonyl (C=O) groups excluding carboxylic acids is 2. The van der Waals surface area contributed by atoms with Crippen LogP contribution in [0.4, 0.5) is 10.7 Å². The molecule has 0 saturated heterocycles. The summed E-state index contributed by atoms with van der Waals surface area (Å²) < 4.78 is 9.06. The number of esters is 1. The third kappa shape index (κ3) is 3.14. The molecule has 7 nitrogen and oxygen atoms in total. The van der Waals surface area contributed by atoms with Gasteiger partial charge in [0, 0.05) is 0 Å². The maximum Gasteiger partial charge on any atom is 0.413 e. The average Bonchev–Trinajstić information content (AvgIpc) is 2.78. The number of fused-ring (bicyclic) bond motifs is 1. The Morgan fingerprint density at radius 2 is 2.00 bits per heavy atom. The van der Waals surface area contributed by atoms with Crippen molar-refractivity contribution in [3.05, 3.63) is 23.8 Å². The van der Waals surface area contributed by atoms with E-state index in [1.165, 1.54) is 14.2 Å². The Labute approximate surface area is 114 Å². The van der Waals surface area contributed by atoms with Crippen LogP contribution in [-0.4, -0.2) is 36.3 Å². The number of anilines is 1. The molecule has 2 N–H and O–H groups in total. The summed E-state index contributed by atoms with van der Waals surface area (Å²) in [6.07, 6.45) is -0.623. The van der Waals surface area contributed by atoms with Gasteiger partial charge in [-0.2, -0.15) is 0 Å². The SMILES string of the molecule is COC(=O)Nc1nc2ccc(C(=O)OC)cc2[nH]1.Cl. The zero-order chi connectivity index (χ0) is 13.1. The van der Waals surface area contributed by atoms with Gasteiger partial charge in [-0.15, -0.1) is 12.4 Å². The van der Waals surface area contributed by atoms with Crippen molar-refractivity contribution in [2.75, 3.05) is 19.5 Å². The number of nitrogens with one attached hydrogen (secondary N) is 2. The van der Waals surface area contributed by atoms with Gasteiger partial charge >= 0.3 is 12.1 Å². The minimum Gasteiger partial charge on any atom is -0.465 e. The van der Waals surface area contributed by atoms with E-state index in [9.17, 15) is 9.59 Å². The predicted octanol–water partition coefficient (Wildman–Crippen LogP) is 1.95. The zero-order valence-electron chi connectivity index (χ0n) is 10.2. The molecular weight excluding hydrogens is 274 g/mol. The van der Waals surface area contributed by atoms with Gasteiger partial charge in [-0.25, -0.2) is 14.6 Å². The number of carbonyl (C=O) groups is 2. The van der Waals surface area contributed by atoms with Gasteiger partial charge in [0.2, 0.25) is 5.95 Å². The van der Waals surface area contributed by atoms with E-state index in [1.54, 1.807) is 18.2 Å². The predicted molar refractivity (Wildman–Crippen MR) is 70.7 cm³/mol. The summed E-state index contributed by atoms with van der Waals surface area (Å²) in [6, 6.07) is 4.84. The highest BCUT2D eigenvalue weighted by Gasteiger charge is 2.10. The normalized spacial score (nSPS) is 9.58. The number of ether oxygens (including phenoxy) is 2. The minimum atomic E-state index is -0.623. The van der Waals surface area contributed by atoms with Gasteiger partial charge in [-0.1, -0.05) is 0 Å². The number of aromatic amines is 1. The lowest BCUT2D eigenvalue weighted by Crippen LogP contribution is -2.11. The first-order valence-corrected chi connectivity index (χ1v) is 5.07. The van der Waals surface area contributed by atoms with E-state index in [2.05, 4.69) is 24.8 Å². The molecule has 1 aromatic heterocycles. The number of hydrogen-bond donors (Lipinski definition) is 2. The summed E-state index contributed by atoms with van der Waals surface area (Å²) in [5.41, 5.74) is 1.64. The molecule has 0 saturated carbocycles. The Balaban J connectivity index is 0.00000180. The third-order valence-electron chi connectivity index (χ3n) is 2.31. The monoisotopic (exact) mass is 285 g/mol. The van der Waals surface area contributed by atoms with Gasteiger partial charge in [0.05, 0.1) is 30.8 Å². The number of H-pyrrole nitrogens is 1. The van der Waals surface area contributed by atoms with Crippen LogP contribution in [0.3, 0.4) is 0 Å². The molecule has 0 aliphatic carbocycles. The van der Waals surface area contributed by atoms with E-state index in [1.807, 2.05) is 0 Å². The molecule has 0 atom stereocenters. The molecule has 1 aromatic carbocycles. The average molecular weight is 286 g/mol. The molecule has 2 aromatic rings. The molecule has 1 amide bonds. The van der Waals surface area contributed by atoms with Gasteiger partial charge in [0.25, 0.3) is 0 Å². The van der Waals surface area contributed by atoms with Crippen molar-refractivity contribution >= 4 is 41.5 Å². The van der Waals surface area contributed by atoms with E-state index in [4.69, 9.17) is 0 Å². The first-order chi connectivity index (χ1) is 8.63.